The fraction of sp³-hybridized carbons (Fsp3) is 0.407. The van der Waals surface area contributed by atoms with E-state index in [0.29, 0.717) is 57.8 Å². The molecule has 0 bridgehead atoms. The van der Waals surface area contributed by atoms with E-state index < -0.39 is 0 Å². The third-order valence-electron chi connectivity index (χ3n) is 6.99. The predicted octanol–water partition coefficient (Wildman–Crippen LogP) is 1.55. The number of aromatic nitrogens is 3. The lowest BCUT2D eigenvalue weighted by Gasteiger charge is -2.28. The van der Waals surface area contributed by atoms with E-state index in [0.717, 1.165) is 23.2 Å². The average molecular weight is 489 g/mol. The molecule has 1 N–H and O–H groups in total. The van der Waals surface area contributed by atoms with Crippen LogP contribution in [-0.2, 0) is 49.0 Å². The van der Waals surface area contributed by atoms with E-state index in [1.807, 2.05) is 57.9 Å². The largest absolute Gasteiger partial charge is 0.357 e. The number of hydrogen-bond acceptors (Lipinski definition) is 4. The molecular weight excluding hydrogens is 456 g/mol. The molecule has 0 spiro atoms. The number of hydrogen-bond donors (Lipinski definition) is 1. The van der Waals surface area contributed by atoms with E-state index in [1.54, 1.807) is 4.90 Å². The first-order chi connectivity index (χ1) is 17.5. The fourth-order valence-electron chi connectivity index (χ4n) is 5.01. The van der Waals surface area contributed by atoms with Gasteiger partial charge in [0.25, 0.3) is 5.91 Å². The summed E-state index contributed by atoms with van der Waals surface area (Å²) in [6.07, 6.45) is 5.97. The minimum atomic E-state index is -0.168. The monoisotopic (exact) mass is 488 g/mol. The molecule has 2 aliphatic heterocycles. The third-order valence-corrected chi connectivity index (χ3v) is 6.99. The van der Waals surface area contributed by atoms with E-state index in [9.17, 15) is 14.4 Å². The third kappa shape index (κ3) is 5.19. The van der Waals surface area contributed by atoms with E-state index in [4.69, 9.17) is 5.10 Å². The number of amides is 3. The molecule has 0 aliphatic carbocycles. The summed E-state index contributed by atoms with van der Waals surface area (Å²) in [4.78, 5) is 42.0. The van der Waals surface area contributed by atoms with Crippen LogP contribution in [0.4, 0.5) is 0 Å². The van der Waals surface area contributed by atoms with Crippen molar-refractivity contribution in [3.63, 3.8) is 0 Å². The van der Waals surface area contributed by atoms with Crippen molar-refractivity contribution in [1.29, 1.82) is 0 Å². The summed E-state index contributed by atoms with van der Waals surface area (Å²) in [6, 6.07) is 12.2. The smallest absolute Gasteiger partial charge is 0.274 e. The Morgan fingerprint density at radius 3 is 2.58 bits per heavy atom. The molecule has 1 fully saturated rings. The van der Waals surface area contributed by atoms with Gasteiger partial charge in [-0.25, -0.2) is 0 Å². The lowest BCUT2D eigenvalue weighted by molar-refractivity contribution is -0.131. The van der Waals surface area contributed by atoms with Gasteiger partial charge in [0, 0.05) is 82.8 Å². The summed E-state index contributed by atoms with van der Waals surface area (Å²) in [5.74, 6) is -0.163. The summed E-state index contributed by atoms with van der Waals surface area (Å²) in [5.41, 5.74) is 4.46. The van der Waals surface area contributed by atoms with Gasteiger partial charge < -0.3 is 19.7 Å². The van der Waals surface area contributed by atoms with E-state index in [-0.39, 0.29) is 24.1 Å². The molecular formula is C27H32N6O3. The van der Waals surface area contributed by atoms with Gasteiger partial charge in [-0.05, 0) is 23.6 Å². The van der Waals surface area contributed by atoms with Crippen LogP contribution in [0, 0.1) is 0 Å². The van der Waals surface area contributed by atoms with Gasteiger partial charge in [0.05, 0.1) is 6.42 Å². The Morgan fingerprint density at radius 2 is 1.81 bits per heavy atom. The first kappa shape index (κ1) is 23.8. The number of nitrogens with one attached hydrogen (secondary N) is 1. The first-order valence-corrected chi connectivity index (χ1v) is 12.5. The summed E-state index contributed by atoms with van der Waals surface area (Å²) >= 11 is 0. The minimum Gasteiger partial charge on any atom is -0.357 e. The van der Waals surface area contributed by atoms with Crippen LogP contribution in [-0.4, -0.2) is 68.0 Å². The molecule has 1 aromatic carbocycles. The lowest BCUT2D eigenvalue weighted by atomic mass is 10.0. The van der Waals surface area contributed by atoms with Crippen LogP contribution in [0.5, 0.6) is 0 Å². The number of benzene rings is 1. The molecule has 9 heteroatoms. The Hall–Kier alpha value is -3.88. The Kier molecular flexibility index (Phi) is 6.88. The predicted molar refractivity (Wildman–Crippen MR) is 134 cm³/mol. The second-order valence-electron chi connectivity index (χ2n) is 9.55. The Bertz CT molecular complexity index is 1260. The molecule has 4 heterocycles. The van der Waals surface area contributed by atoms with Crippen molar-refractivity contribution in [2.45, 2.75) is 38.8 Å². The second kappa shape index (κ2) is 10.4. The van der Waals surface area contributed by atoms with E-state index >= 15 is 0 Å². The van der Waals surface area contributed by atoms with Gasteiger partial charge in [-0.1, -0.05) is 30.3 Å². The minimum absolute atomic E-state index is 0.0431. The number of carbonyl (C=O) groups is 3. The number of aryl methyl sites for hydroxylation is 3. The molecule has 2 aromatic heterocycles. The maximum atomic E-state index is 13.6. The Morgan fingerprint density at radius 1 is 1.00 bits per heavy atom. The highest BCUT2D eigenvalue weighted by molar-refractivity contribution is 5.95. The van der Waals surface area contributed by atoms with Crippen LogP contribution >= 0.6 is 0 Å². The molecule has 9 nitrogen and oxygen atoms in total. The highest BCUT2D eigenvalue weighted by Gasteiger charge is 2.32. The molecule has 5 rings (SSSR count). The van der Waals surface area contributed by atoms with Gasteiger partial charge in [0.2, 0.25) is 11.8 Å². The average Bonchev–Trinajstić information content (AvgIpc) is 3.39. The van der Waals surface area contributed by atoms with Crippen LogP contribution in [0.25, 0.3) is 0 Å². The molecule has 188 valence electrons. The molecule has 0 saturated carbocycles. The van der Waals surface area contributed by atoms with Gasteiger partial charge in [-0.15, -0.1) is 0 Å². The summed E-state index contributed by atoms with van der Waals surface area (Å²) in [6.45, 7) is 2.89. The maximum absolute atomic E-state index is 13.6. The van der Waals surface area contributed by atoms with Crippen molar-refractivity contribution in [3.05, 3.63) is 76.9 Å². The normalized spacial score (nSPS) is 15.9. The van der Waals surface area contributed by atoms with Gasteiger partial charge in [-0.3, -0.25) is 19.1 Å². The summed E-state index contributed by atoms with van der Waals surface area (Å²) in [5, 5.41) is 7.61. The number of nitrogens with zero attached hydrogens (tertiary/aromatic N) is 5. The van der Waals surface area contributed by atoms with Crippen LogP contribution in [0.2, 0.25) is 0 Å². The molecule has 0 atom stereocenters. The summed E-state index contributed by atoms with van der Waals surface area (Å²) < 4.78 is 3.89. The number of rotatable bonds is 6. The second-order valence-corrected chi connectivity index (χ2v) is 9.55. The van der Waals surface area contributed by atoms with Gasteiger partial charge in [-0.2, -0.15) is 5.10 Å². The van der Waals surface area contributed by atoms with Crippen molar-refractivity contribution in [1.82, 2.24) is 29.5 Å². The van der Waals surface area contributed by atoms with Crippen molar-refractivity contribution >= 4 is 17.7 Å². The first-order valence-electron chi connectivity index (χ1n) is 12.5. The Labute approximate surface area is 210 Å². The van der Waals surface area contributed by atoms with Gasteiger partial charge in [0.1, 0.15) is 0 Å². The topological polar surface area (TPSA) is 92.5 Å². The zero-order chi connectivity index (χ0) is 25.1. The van der Waals surface area contributed by atoms with Gasteiger partial charge in [0.15, 0.2) is 5.69 Å². The molecule has 3 aromatic rings. The zero-order valence-electron chi connectivity index (χ0n) is 20.7. The zero-order valence-corrected chi connectivity index (χ0v) is 20.7. The van der Waals surface area contributed by atoms with Gasteiger partial charge >= 0.3 is 0 Å². The van der Waals surface area contributed by atoms with Crippen LogP contribution in [0.1, 0.15) is 39.3 Å². The number of carbonyl (C=O) groups excluding carboxylic acids is 3. The van der Waals surface area contributed by atoms with E-state index in [2.05, 4.69) is 17.4 Å². The lowest BCUT2D eigenvalue weighted by Crippen LogP contribution is -2.39. The standard InChI is InChI=1S/C27H32N6O3/c1-30-12-7-21(18-30)17-25(35)32-13-9-23-22(19-32)26(27(36)31-14-10-24(34)28-11-16-31)29-33(23)15-8-20-5-3-2-4-6-20/h2-7,12,18H,8-11,13-17,19H2,1H3,(H,28,34). The fourth-order valence-corrected chi connectivity index (χ4v) is 5.01. The van der Waals surface area contributed by atoms with Crippen LogP contribution < -0.4 is 5.32 Å². The molecule has 3 amide bonds. The van der Waals surface area contributed by atoms with Crippen molar-refractivity contribution in [2.24, 2.45) is 7.05 Å². The van der Waals surface area contributed by atoms with Crippen molar-refractivity contribution < 1.29 is 14.4 Å². The van der Waals surface area contributed by atoms with Crippen molar-refractivity contribution in [3.8, 4) is 0 Å². The number of fused-ring (bicyclic) bond motifs is 1. The maximum Gasteiger partial charge on any atom is 0.274 e. The van der Waals surface area contributed by atoms with Crippen molar-refractivity contribution in [2.75, 3.05) is 26.2 Å². The van der Waals surface area contributed by atoms with Crippen LogP contribution in [0.15, 0.2) is 48.8 Å². The van der Waals surface area contributed by atoms with E-state index in [1.165, 1.54) is 5.56 Å². The highest BCUT2D eigenvalue weighted by Crippen LogP contribution is 2.25. The summed E-state index contributed by atoms with van der Waals surface area (Å²) in [7, 11) is 1.94. The molecule has 0 unspecified atom stereocenters. The van der Waals surface area contributed by atoms with Crippen LogP contribution in [0.3, 0.4) is 0 Å². The molecule has 2 aliphatic rings. The molecule has 36 heavy (non-hydrogen) atoms. The Balaban J connectivity index is 1.39. The SMILES string of the molecule is Cn1ccc(CC(=O)N2CCc3c(c(C(=O)N4CCNC(=O)CC4)nn3CCc3ccccc3)C2)c1. The molecule has 1 saturated heterocycles. The highest BCUT2D eigenvalue weighted by atomic mass is 16.2. The molecule has 0 radical (unpaired) electrons. The quantitative estimate of drug-likeness (QED) is 0.570.